The number of benzene rings is 1. The predicted octanol–water partition coefficient (Wildman–Crippen LogP) is 4.15. The van der Waals surface area contributed by atoms with E-state index in [2.05, 4.69) is 57.4 Å². The van der Waals surface area contributed by atoms with Gasteiger partial charge in [0.2, 0.25) is 0 Å². The summed E-state index contributed by atoms with van der Waals surface area (Å²) in [4.78, 5) is 0. The van der Waals surface area contributed by atoms with Crippen molar-refractivity contribution in [3.63, 3.8) is 0 Å². The molecule has 0 aliphatic carbocycles. The Kier molecular flexibility index (Phi) is 2.74. The monoisotopic (exact) mass is 291 g/mol. The van der Waals surface area contributed by atoms with Crippen LogP contribution in [0.5, 0.6) is 0 Å². The molecule has 0 saturated carbocycles. The molecule has 0 spiro atoms. The molecule has 1 aliphatic rings. The molecule has 0 amide bonds. The molecule has 0 fully saturated rings. The van der Waals surface area contributed by atoms with Gasteiger partial charge in [-0.1, -0.05) is 0 Å². The maximum atomic E-state index is 8.33. The van der Waals surface area contributed by atoms with Gasteiger partial charge in [0.15, 0.2) is 0 Å². The number of allylic oxidation sites excluding steroid dienone is 1. The van der Waals surface area contributed by atoms with E-state index >= 15 is 0 Å². The van der Waals surface area contributed by atoms with Crippen LogP contribution in [0.1, 0.15) is 40.2 Å². The van der Waals surface area contributed by atoms with Gasteiger partial charge in [0, 0.05) is 0 Å². The van der Waals surface area contributed by atoms with Crippen molar-refractivity contribution in [3.05, 3.63) is 33.7 Å². The van der Waals surface area contributed by atoms with Crippen molar-refractivity contribution in [1.29, 1.82) is 0 Å². The Morgan fingerprint density at radius 1 is 1.24 bits per heavy atom. The fourth-order valence-electron chi connectivity index (χ4n) is 2.52. The van der Waals surface area contributed by atoms with Crippen molar-refractivity contribution in [3.8, 4) is 0 Å². The van der Waals surface area contributed by atoms with Gasteiger partial charge in [-0.05, 0) is 0 Å². The quantitative estimate of drug-likeness (QED) is 0.682. The molecule has 1 aliphatic heterocycles. The summed E-state index contributed by atoms with van der Waals surface area (Å²) in [6, 6.07) is 7.67. The van der Waals surface area contributed by atoms with E-state index in [9.17, 15) is 0 Å². The van der Waals surface area contributed by atoms with E-state index in [1.54, 1.807) is 0 Å². The number of fused-ring (bicyclic) bond motifs is 1. The van der Waals surface area contributed by atoms with Crippen LogP contribution in [-0.4, -0.2) is 13.3 Å². The molecule has 2 rings (SSSR count). The molecule has 1 heterocycles. The van der Waals surface area contributed by atoms with E-state index in [1.807, 2.05) is 0 Å². The van der Waals surface area contributed by atoms with E-state index in [0.717, 1.165) is 12.5 Å². The summed E-state index contributed by atoms with van der Waals surface area (Å²) >= 11 is -2.05. The first-order chi connectivity index (χ1) is 8.13. The summed E-state index contributed by atoms with van der Waals surface area (Å²) in [6.07, 6.45) is 1.08. The van der Waals surface area contributed by atoms with E-state index in [4.69, 9.17) is 1.37 Å². The van der Waals surface area contributed by atoms with Crippen LogP contribution in [0.4, 0.5) is 0 Å². The van der Waals surface area contributed by atoms with Crippen LogP contribution in [0.2, 0.25) is 11.5 Å². The van der Waals surface area contributed by atoms with Crippen LogP contribution in [0.15, 0.2) is 22.6 Å². The summed E-state index contributed by atoms with van der Waals surface area (Å²) in [5.41, 5.74) is 2.91. The van der Waals surface area contributed by atoms with E-state index in [1.165, 1.54) is 19.9 Å². The van der Waals surface area contributed by atoms with Gasteiger partial charge in [-0.25, -0.2) is 0 Å². The van der Waals surface area contributed by atoms with Crippen LogP contribution in [0.25, 0.3) is 6.05 Å². The molecule has 0 bridgehead atoms. The molecular formula is C16H24Ge. The average molecular weight is 290 g/mol. The van der Waals surface area contributed by atoms with Crippen molar-refractivity contribution in [2.75, 3.05) is 0 Å². The van der Waals surface area contributed by atoms with Crippen LogP contribution in [0.3, 0.4) is 0 Å². The first kappa shape index (κ1) is 11.6. The van der Waals surface area contributed by atoms with Gasteiger partial charge >= 0.3 is 110 Å². The van der Waals surface area contributed by atoms with Crippen molar-refractivity contribution in [2.45, 2.75) is 45.6 Å². The van der Waals surface area contributed by atoms with E-state index in [0.29, 0.717) is 5.41 Å². The Labute approximate surface area is 110 Å². The first-order valence-electron chi connectivity index (χ1n) is 6.95. The summed E-state index contributed by atoms with van der Waals surface area (Å²) in [7, 11) is 0. The Balaban J connectivity index is 2.47. The molecule has 0 N–H and O–H groups in total. The third-order valence-electron chi connectivity index (χ3n) is 3.75. The number of hydrogen-bond donors (Lipinski definition) is 0. The molecule has 0 nitrogen and oxygen atoms in total. The molecule has 1 aromatic rings. The third-order valence-corrected chi connectivity index (χ3v) is 11.7. The van der Waals surface area contributed by atoms with Gasteiger partial charge in [-0.15, -0.1) is 0 Å². The maximum absolute atomic E-state index is 8.33. The normalized spacial score (nSPS) is 19.3. The second-order valence-corrected chi connectivity index (χ2v) is 16.5. The SMILES string of the molecule is [2H]C1=[C](C)[Ge]([CH3])([CH3])[c]2ccc(CC(C)(C)C)cc21. The molecule has 1 heteroatoms. The molecule has 0 saturated heterocycles. The molecule has 0 atom stereocenters. The molecule has 1 aromatic carbocycles. The second-order valence-electron chi connectivity index (χ2n) is 6.99. The summed E-state index contributed by atoms with van der Waals surface area (Å²) < 4.78 is 11.2. The third kappa shape index (κ3) is 2.52. The standard InChI is InChI=1S/C16H24Ge/c1-12-9-14-10-13(11-16(2,3)4)7-8-15(14)17(12,5)6/h7-10H,11H2,1-6H3/i9D. The Bertz CT molecular complexity index is 518. The molecule has 17 heavy (non-hydrogen) atoms. The fourth-order valence-corrected chi connectivity index (χ4v) is 7.05. The van der Waals surface area contributed by atoms with Crippen LogP contribution in [-0.2, 0) is 6.42 Å². The Hall–Kier alpha value is -0.497. The van der Waals surface area contributed by atoms with Crippen LogP contribution in [0, 0.1) is 5.41 Å². The fraction of sp³-hybridized carbons (Fsp3) is 0.500. The minimum absolute atomic E-state index is 0.310. The van der Waals surface area contributed by atoms with Gasteiger partial charge in [0.1, 0.15) is 0 Å². The van der Waals surface area contributed by atoms with Crippen molar-refractivity contribution < 1.29 is 1.37 Å². The van der Waals surface area contributed by atoms with Gasteiger partial charge < -0.3 is 0 Å². The number of hydrogen-bond acceptors (Lipinski definition) is 0. The second kappa shape index (κ2) is 4.01. The van der Waals surface area contributed by atoms with E-state index < -0.39 is 13.3 Å². The molecular weight excluding hydrogens is 265 g/mol. The molecule has 0 unspecified atom stereocenters. The topological polar surface area (TPSA) is 0 Å². The van der Waals surface area contributed by atoms with Crippen molar-refractivity contribution >= 4 is 23.7 Å². The van der Waals surface area contributed by atoms with Crippen LogP contribution < -0.4 is 4.40 Å². The summed E-state index contributed by atoms with van der Waals surface area (Å²) in [6.45, 7) is 8.98. The first-order valence-corrected chi connectivity index (χ1v) is 12.7. The van der Waals surface area contributed by atoms with Gasteiger partial charge in [0.25, 0.3) is 0 Å². The van der Waals surface area contributed by atoms with Crippen molar-refractivity contribution in [1.82, 2.24) is 0 Å². The van der Waals surface area contributed by atoms with Crippen molar-refractivity contribution in [2.24, 2.45) is 5.41 Å². The molecule has 92 valence electrons. The predicted molar refractivity (Wildman–Crippen MR) is 80.4 cm³/mol. The van der Waals surface area contributed by atoms with Gasteiger partial charge in [0.05, 0.1) is 0 Å². The number of rotatable bonds is 1. The van der Waals surface area contributed by atoms with Gasteiger partial charge in [-0.2, -0.15) is 0 Å². The minimum atomic E-state index is -2.05. The molecule has 0 aromatic heterocycles. The zero-order chi connectivity index (χ0) is 13.7. The zero-order valence-corrected chi connectivity index (χ0v) is 14.0. The van der Waals surface area contributed by atoms with Gasteiger partial charge in [-0.3, -0.25) is 0 Å². The zero-order valence-electron chi connectivity index (χ0n) is 12.9. The Morgan fingerprint density at radius 3 is 2.47 bits per heavy atom. The summed E-state index contributed by atoms with van der Waals surface area (Å²) in [5.74, 6) is 4.80. The molecule has 0 radical (unpaired) electrons. The van der Waals surface area contributed by atoms with E-state index in [-0.39, 0.29) is 0 Å². The average Bonchev–Trinajstić information content (AvgIpc) is 2.38. The van der Waals surface area contributed by atoms with Crippen LogP contribution >= 0.6 is 0 Å². The summed E-state index contributed by atoms with van der Waals surface area (Å²) in [5, 5.41) is 0. The Morgan fingerprint density at radius 2 is 1.88 bits per heavy atom.